The molecule has 0 aliphatic rings. The van der Waals surface area contributed by atoms with Gasteiger partial charge in [-0.25, -0.2) is 0 Å². The number of hydrogen-bond acceptors (Lipinski definition) is 4. The summed E-state index contributed by atoms with van der Waals surface area (Å²) in [6.45, 7) is 4.88. The molecule has 0 aliphatic heterocycles. The third-order valence-corrected chi connectivity index (χ3v) is 5.30. The topological polar surface area (TPSA) is 67.9 Å². The van der Waals surface area contributed by atoms with Gasteiger partial charge in [0.15, 0.2) is 11.5 Å². The van der Waals surface area contributed by atoms with Crippen LogP contribution in [0.1, 0.15) is 37.8 Å². The molecule has 31 heavy (non-hydrogen) atoms. The lowest BCUT2D eigenvalue weighted by Crippen LogP contribution is -2.50. The van der Waals surface area contributed by atoms with E-state index in [4.69, 9.17) is 9.47 Å². The molecular weight excluding hydrogens is 392 g/mol. The Kier molecular flexibility index (Phi) is 9.88. The molecule has 0 unspecified atom stereocenters. The summed E-state index contributed by atoms with van der Waals surface area (Å²) in [4.78, 5) is 27.6. The zero-order valence-corrected chi connectivity index (χ0v) is 19.0. The van der Waals surface area contributed by atoms with Crippen LogP contribution in [0.4, 0.5) is 0 Å². The molecule has 0 aliphatic carbocycles. The third kappa shape index (κ3) is 7.02. The monoisotopic (exact) mass is 426 g/mol. The Bertz CT molecular complexity index is 839. The fourth-order valence-corrected chi connectivity index (χ4v) is 3.62. The second-order valence-corrected chi connectivity index (χ2v) is 7.33. The Balaban J connectivity index is 2.13. The second-order valence-electron chi connectivity index (χ2n) is 7.33. The molecule has 0 saturated carbocycles. The van der Waals surface area contributed by atoms with Crippen molar-refractivity contribution in [3.8, 4) is 11.5 Å². The Morgan fingerprint density at radius 2 is 1.65 bits per heavy atom. The Labute approximate surface area is 185 Å². The fraction of sp³-hybridized carbons (Fsp3) is 0.440. The average Bonchev–Trinajstić information content (AvgIpc) is 2.80. The molecule has 2 amide bonds. The highest BCUT2D eigenvalue weighted by atomic mass is 16.5. The van der Waals surface area contributed by atoms with Gasteiger partial charge in [0.25, 0.3) is 0 Å². The first-order valence-electron chi connectivity index (χ1n) is 10.9. The van der Waals surface area contributed by atoms with Crippen molar-refractivity contribution in [3.63, 3.8) is 0 Å². The first-order valence-corrected chi connectivity index (χ1v) is 10.9. The number of aryl methyl sites for hydroxylation is 1. The predicted octanol–water partition coefficient (Wildman–Crippen LogP) is 3.62. The molecule has 0 saturated heterocycles. The van der Waals surface area contributed by atoms with Gasteiger partial charge in [0, 0.05) is 19.5 Å². The van der Waals surface area contributed by atoms with Crippen LogP contribution in [0.5, 0.6) is 11.5 Å². The molecule has 2 aromatic rings. The van der Waals surface area contributed by atoms with Crippen LogP contribution in [0.15, 0.2) is 48.5 Å². The summed E-state index contributed by atoms with van der Waals surface area (Å²) in [5, 5.41) is 2.87. The van der Waals surface area contributed by atoms with Gasteiger partial charge < -0.3 is 19.7 Å². The van der Waals surface area contributed by atoms with Gasteiger partial charge in [0.1, 0.15) is 6.04 Å². The van der Waals surface area contributed by atoms with Crippen molar-refractivity contribution in [3.05, 3.63) is 59.7 Å². The van der Waals surface area contributed by atoms with Gasteiger partial charge in [-0.3, -0.25) is 9.59 Å². The number of hydrogen-bond donors (Lipinski definition) is 1. The maximum absolute atomic E-state index is 13.2. The van der Waals surface area contributed by atoms with Gasteiger partial charge in [0.05, 0.1) is 14.2 Å². The first-order chi connectivity index (χ1) is 15.0. The molecule has 1 atom stereocenters. The van der Waals surface area contributed by atoms with Crippen LogP contribution in [0.2, 0.25) is 0 Å². The maximum atomic E-state index is 13.2. The number of nitrogens with one attached hydrogen (secondary N) is 1. The Hall–Kier alpha value is -3.02. The van der Waals surface area contributed by atoms with Crippen LogP contribution < -0.4 is 14.8 Å². The normalized spacial score (nSPS) is 11.5. The number of methoxy groups -OCH3 is 2. The van der Waals surface area contributed by atoms with Gasteiger partial charge >= 0.3 is 0 Å². The lowest BCUT2D eigenvalue weighted by atomic mass is 10.1. The van der Waals surface area contributed by atoms with E-state index in [-0.39, 0.29) is 11.8 Å². The van der Waals surface area contributed by atoms with Crippen LogP contribution in [0, 0.1) is 0 Å². The SMILES string of the molecule is CCNC(=O)[C@H](CC)N(CCc1ccccc1)C(=O)CCc1ccc(OC)c(OC)c1. The minimum atomic E-state index is -0.471. The van der Waals surface area contributed by atoms with Gasteiger partial charge in [-0.1, -0.05) is 43.3 Å². The van der Waals surface area contributed by atoms with E-state index in [0.717, 1.165) is 11.1 Å². The zero-order valence-electron chi connectivity index (χ0n) is 19.0. The molecule has 6 nitrogen and oxygen atoms in total. The van der Waals surface area contributed by atoms with E-state index in [9.17, 15) is 9.59 Å². The van der Waals surface area contributed by atoms with Crippen molar-refractivity contribution in [2.45, 2.75) is 45.6 Å². The summed E-state index contributed by atoms with van der Waals surface area (Å²) in [7, 11) is 3.19. The highest BCUT2D eigenvalue weighted by Crippen LogP contribution is 2.28. The number of carbonyl (C=O) groups excluding carboxylic acids is 2. The molecule has 1 N–H and O–H groups in total. The summed E-state index contributed by atoms with van der Waals surface area (Å²) < 4.78 is 10.6. The largest absolute Gasteiger partial charge is 0.493 e. The number of nitrogens with zero attached hydrogens (tertiary/aromatic N) is 1. The summed E-state index contributed by atoms with van der Waals surface area (Å²) in [5.74, 6) is 1.17. The summed E-state index contributed by atoms with van der Waals surface area (Å²) >= 11 is 0. The number of carbonyl (C=O) groups is 2. The van der Waals surface area contributed by atoms with Crippen LogP contribution >= 0.6 is 0 Å². The minimum absolute atomic E-state index is 0.0242. The van der Waals surface area contributed by atoms with E-state index in [1.54, 1.807) is 19.1 Å². The molecule has 2 rings (SSSR count). The highest BCUT2D eigenvalue weighted by Gasteiger charge is 2.27. The van der Waals surface area contributed by atoms with E-state index in [2.05, 4.69) is 5.32 Å². The second kappa shape index (κ2) is 12.6. The Morgan fingerprint density at radius 1 is 0.935 bits per heavy atom. The first kappa shape index (κ1) is 24.3. The van der Waals surface area contributed by atoms with Crippen molar-refractivity contribution in [1.29, 1.82) is 0 Å². The molecular formula is C25H34N2O4. The number of amides is 2. The maximum Gasteiger partial charge on any atom is 0.242 e. The lowest BCUT2D eigenvalue weighted by Gasteiger charge is -2.30. The van der Waals surface area contributed by atoms with E-state index < -0.39 is 6.04 Å². The molecule has 0 bridgehead atoms. The van der Waals surface area contributed by atoms with Gasteiger partial charge in [-0.15, -0.1) is 0 Å². The van der Waals surface area contributed by atoms with Crippen LogP contribution in [-0.4, -0.2) is 50.1 Å². The molecule has 0 aromatic heterocycles. The van der Waals surface area contributed by atoms with Crippen molar-refractivity contribution in [1.82, 2.24) is 10.2 Å². The number of rotatable bonds is 12. The summed E-state index contributed by atoms with van der Waals surface area (Å²) in [5.41, 5.74) is 2.13. The van der Waals surface area contributed by atoms with E-state index in [1.165, 1.54) is 0 Å². The molecule has 0 fully saturated rings. The number of ether oxygens (including phenoxy) is 2. The Morgan fingerprint density at radius 3 is 2.26 bits per heavy atom. The lowest BCUT2D eigenvalue weighted by molar-refractivity contribution is -0.140. The van der Waals surface area contributed by atoms with E-state index in [0.29, 0.717) is 50.3 Å². The van der Waals surface area contributed by atoms with Crippen molar-refractivity contribution < 1.29 is 19.1 Å². The average molecular weight is 427 g/mol. The molecule has 168 valence electrons. The molecule has 0 heterocycles. The summed E-state index contributed by atoms with van der Waals surface area (Å²) in [6.07, 6.45) is 2.16. The van der Waals surface area contributed by atoms with Crippen LogP contribution in [0.25, 0.3) is 0 Å². The predicted molar refractivity (Wildman–Crippen MR) is 122 cm³/mol. The zero-order chi connectivity index (χ0) is 22.6. The van der Waals surface area contributed by atoms with Crippen LogP contribution in [-0.2, 0) is 22.4 Å². The minimum Gasteiger partial charge on any atom is -0.493 e. The molecule has 0 spiro atoms. The highest BCUT2D eigenvalue weighted by molar-refractivity contribution is 5.87. The van der Waals surface area contributed by atoms with Crippen molar-refractivity contribution >= 4 is 11.8 Å². The van der Waals surface area contributed by atoms with Gasteiger partial charge in [-0.2, -0.15) is 0 Å². The third-order valence-electron chi connectivity index (χ3n) is 5.30. The van der Waals surface area contributed by atoms with Crippen molar-refractivity contribution in [2.75, 3.05) is 27.3 Å². The van der Waals surface area contributed by atoms with Crippen molar-refractivity contribution in [2.24, 2.45) is 0 Å². The molecule has 2 aromatic carbocycles. The smallest absolute Gasteiger partial charge is 0.242 e. The van der Waals surface area contributed by atoms with Gasteiger partial charge in [-0.05, 0) is 49.4 Å². The number of likely N-dealkylation sites (N-methyl/N-ethyl adjacent to an activating group) is 1. The number of benzene rings is 2. The van der Waals surface area contributed by atoms with E-state index >= 15 is 0 Å². The summed E-state index contributed by atoms with van der Waals surface area (Å²) in [6, 6.07) is 15.2. The quantitative estimate of drug-likeness (QED) is 0.563. The molecule has 0 radical (unpaired) electrons. The van der Waals surface area contributed by atoms with E-state index in [1.807, 2.05) is 62.4 Å². The standard InChI is InChI=1S/C25H34N2O4/c1-5-21(25(29)26-6-2)27(17-16-19-10-8-7-9-11-19)24(28)15-13-20-12-14-22(30-3)23(18-20)31-4/h7-12,14,18,21H,5-6,13,15-17H2,1-4H3,(H,26,29)/t21-/m0/s1. The molecule has 6 heteroatoms. The fourth-order valence-electron chi connectivity index (χ4n) is 3.62. The van der Waals surface area contributed by atoms with Gasteiger partial charge in [0.2, 0.25) is 11.8 Å². The van der Waals surface area contributed by atoms with Crippen LogP contribution in [0.3, 0.4) is 0 Å².